The molecule has 0 aromatic heterocycles. The highest BCUT2D eigenvalue weighted by Gasteiger charge is 2.20. The zero-order valence-electron chi connectivity index (χ0n) is 53.3. The first-order valence-corrected chi connectivity index (χ1v) is 27.4. The van der Waals surface area contributed by atoms with Crippen LogP contribution in [0.4, 0.5) is 0 Å². The van der Waals surface area contributed by atoms with Crippen molar-refractivity contribution in [2.75, 3.05) is 60.7 Å². The van der Waals surface area contributed by atoms with Gasteiger partial charge in [-0.2, -0.15) is 0 Å². The van der Waals surface area contributed by atoms with Crippen LogP contribution in [-0.2, 0) is 47.7 Å². The van der Waals surface area contributed by atoms with Crippen LogP contribution in [0.1, 0.15) is 150 Å². The molecule has 0 aliphatic heterocycles. The topological polar surface area (TPSA) is 158 Å². The highest BCUT2D eigenvalue weighted by molar-refractivity contribution is 5.94. The number of nitrogens with zero attached hydrogens (tertiary/aromatic N) is 2. The van der Waals surface area contributed by atoms with Gasteiger partial charge in [0.2, 0.25) is 0 Å². The van der Waals surface area contributed by atoms with E-state index in [0.717, 1.165) is 12.8 Å². The fourth-order valence-corrected chi connectivity index (χ4v) is 5.74. The van der Waals surface area contributed by atoms with E-state index in [1.807, 2.05) is 111 Å². The minimum atomic E-state index is -0.328. The van der Waals surface area contributed by atoms with E-state index >= 15 is 0 Å². The second-order valence-electron chi connectivity index (χ2n) is 20.4. The van der Waals surface area contributed by atoms with Gasteiger partial charge in [-0.25, -0.2) is 14.4 Å². The van der Waals surface area contributed by atoms with Gasteiger partial charge in [-0.1, -0.05) is 174 Å². The number of rotatable bonds is 26. The van der Waals surface area contributed by atoms with Crippen LogP contribution in [0.15, 0.2) is 107 Å². The Morgan fingerprint density at radius 3 is 1.14 bits per heavy atom. The highest BCUT2D eigenvalue weighted by atomic mass is 16.5. The van der Waals surface area contributed by atoms with Crippen LogP contribution in [0.25, 0.3) is 0 Å². The summed E-state index contributed by atoms with van der Waals surface area (Å²) in [6, 6.07) is 0.217. The van der Waals surface area contributed by atoms with Gasteiger partial charge < -0.3 is 34.1 Å². The Hall–Kier alpha value is -6.98. The molecule has 0 aliphatic carbocycles. The third kappa shape index (κ3) is 43.0. The first kappa shape index (κ1) is 84.3. The monoisotopic (exact) mass is 1110 g/mol. The number of ether oxygens (including phenoxy) is 4. The summed E-state index contributed by atoms with van der Waals surface area (Å²) in [6.07, 6.45) is 15.3. The van der Waals surface area contributed by atoms with Gasteiger partial charge in [-0.3, -0.25) is 14.4 Å². The number of hydrogen-bond donors (Lipinski definition) is 1. The number of methoxy groups -OCH3 is 1. The molecule has 3 amide bonds. The van der Waals surface area contributed by atoms with Crippen molar-refractivity contribution in [1.29, 1.82) is 0 Å². The Kier molecular flexibility index (Phi) is 55.6. The number of carbonyl (C=O) groups is 6. The van der Waals surface area contributed by atoms with Gasteiger partial charge in [-0.05, 0) is 61.7 Å². The van der Waals surface area contributed by atoms with Crippen LogP contribution in [0.2, 0.25) is 0 Å². The lowest BCUT2D eigenvalue weighted by Crippen LogP contribution is -2.35. The van der Waals surface area contributed by atoms with Crippen LogP contribution in [-0.4, -0.2) is 112 Å². The molecule has 0 fully saturated rings. The minimum absolute atomic E-state index is 0.0278. The normalized spacial score (nSPS) is 9.53. The first-order valence-electron chi connectivity index (χ1n) is 27.4. The van der Waals surface area contributed by atoms with Crippen molar-refractivity contribution in [2.45, 2.75) is 156 Å². The van der Waals surface area contributed by atoms with Gasteiger partial charge >= 0.3 is 17.9 Å². The molecule has 0 saturated carbocycles. The summed E-state index contributed by atoms with van der Waals surface area (Å²) < 4.78 is 20.0. The summed E-state index contributed by atoms with van der Waals surface area (Å²) in [4.78, 5) is 72.0. The number of unbranched alkanes of at least 4 members (excludes halogenated alkanes) is 3. The van der Waals surface area contributed by atoms with Crippen molar-refractivity contribution in [2.24, 2.45) is 41.4 Å². The standard InChI is InChI=1S/C13H22O2.C11H19NO.C11H15NO.C11H18O3.C11H18O2.C10H13NO/c1-5-7-8-9-10-15-13(14)12(6-2)11(3)4;1-7-10(8(2)3)11(13)12(6)9(4)5;1-6-8-12(5)11(13)10(7-2)9(3)4;1-5-10(9(2)3)11(12)14-8-6-7-13-4;1-6-10(9(4)5)11(12)13-7-8(2)3;1-5-7-11-10(12)9(6-2)8(3)4/h11H,2,5,7-10H2,1,3-4H3;8-9H,1H2,2-6H3;1,9H,2,8H2,3-5H3;9H,1,6-8H2,2-4H3;8-9H,1,7H2,2-5H3;1,8H,2,7H2,3-4H3,(H,11,12). The lowest BCUT2D eigenvalue weighted by atomic mass is 10.0. The third-order valence-electron chi connectivity index (χ3n) is 10.6. The van der Waals surface area contributed by atoms with Gasteiger partial charge in [0.15, 0.2) is 0 Å². The molecule has 0 aromatic carbocycles. The van der Waals surface area contributed by atoms with E-state index in [1.54, 1.807) is 26.1 Å². The maximum absolute atomic E-state index is 11.7. The lowest BCUT2D eigenvalue weighted by Gasteiger charge is -2.23. The molecule has 0 spiro atoms. The number of amides is 3. The zero-order valence-corrected chi connectivity index (χ0v) is 53.3. The number of esters is 3. The average molecular weight is 1110 g/mol. The van der Waals surface area contributed by atoms with E-state index in [2.05, 4.69) is 97.9 Å². The van der Waals surface area contributed by atoms with Crippen molar-refractivity contribution in [1.82, 2.24) is 15.1 Å². The van der Waals surface area contributed by atoms with Crippen LogP contribution in [0.3, 0.4) is 0 Å². The molecule has 0 saturated heterocycles. The zero-order chi connectivity index (χ0) is 63.7. The predicted octanol–water partition coefficient (Wildman–Crippen LogP) is 12.7. The summed E-state index contributed by atoms with van der Waals surface area (Å²) in [5.41, 5.74) is 19.2. The third-order valence-corrected chi connectivity index (χ3v) is 10.6. The molecule has 0 radical (unpaired) electrons. The van der Waals surface area contributed by atoms with E-state index in [0.29, 0.717) is 78.7 Å². The van der Waals surface area contributed by atoms with E-state index < -0.39 is 0 Å². The maximum Gasteiger partial charge on any atom is 0.342 e. The minimum Gasteiger partial charge on any atom is -0.462 e. The predicted molar refractivity (Wildman–Crippen MR) is 330 cm³/mol. The number of hydrogen-bond acceptors (Lipinski definition) is 10. The Bertz CT molecular complexity index is 2270. The molecule has 0 atom stereocenters. The highest BCUT2D eigenvalue weighted by Crippen LogP contribution is 2.15. The van der Waals surface area contributed by atoms with E-state index in [-0.39, 0.29) is 83.7 Å². The number of carbonyl (C=O) groups excluding carboxylic acids is 6. The summed E-state index contributed by atoms with van der Waals surface area (Å²) >= 11 is 0. The van der Waals surface area contributed by atoms with Crippen LogP contribution < -0.4 is 5.32 Å². The number of likely N-dealkylation sites (N-methyl/N-ethyl adjacent to an activating group) is 2. The van der Waals surface area contributed by atoms with Crippen molar-refractivity contribution in [3.63, 3.8) is 0 Å². The summed E-state index contributed by atoms with van der Waals surface area (Å²) in [6.45, 7) is 56.7. The summed E-state index contributed by atoms with van der Waals surface area (Å²) in [5, 5.41) is 2.55. The molecule has 13 heteroatoms. The molecule has 0 aromatic rings. The van der Waals surface area contributed by atoms with Crippen LogP contribution in [0.5, 0.6) is 0 Å². The molecule has 0 unspecified atom stereocenters. The fourth-order valence-electron chi connectivity index (χ4n) is 5.74. The second kappa shape index (κ2) is 52.7. The van der Waals surface area contributed by atoms with Gasteiger partial charge in [-0.15, -0.1) is 47.2 Å². The van der Waals surface area contributed by atoms with Crippen molar-refractivity contribution in [3.05, 3.63) is 107 Å². The molecule has 13 nitrogen and oxygen atoms in total. The Labute approximate surface area is 486 Å². The SMILES string of the molecule is C#CCN(C)C(=O)C(=C=C)C(C)C.C#CCNC(=O)C(=C=C)C(C)C.C=C=C(C(=O)N(C)C(C)C)C(C)C.C=C=C(C(=O)OCC(C)C)C(C)C.C=C=C(C(=O)OCCCCCC)C(C)C.C=C=C(C(=O)OCCCOC)C(C)C. The molecule has 80 heavy (non-hydrogen) atoms. The second-order valence-corrected chi connectivity index (χ2v) is 20.4. The van der Waals surface area contributed by atoms with Gasteiger partial charge in [0.25, 0.3) is 17.7 Å². The molecule has 0 rings (SSSR count). The molecular formula is C67H105N3O10. The smallest absolute Gasteiger partial charge is 0.342 e. The van der Waals surface area contributed by atoms with E-state index in [4.69, 9.17) is 31.8 Å². The summed E-state index contributed by atoms with van der Waals surface area (Å²) in [5.74, 6) is 4.75. The number of nitrogens with one attached hydrogen (secondary N) is 1. The van der Waals surface area contributed by atoms with Crippen molar-refractivity contribution >= 4 is 35.6 Å². The Morgan fingerprint density at radius 2 is 0.838 bits per heavy atom. The van der Waals surface area contributed by atoms with Crippen LogP contribution in [0, 0.1) is 66.1 Å². The molecular weight excluding hydrogens is 1010 g/mol. The molecule has 448 valence electrons. The van der Waals surface area contributed by atoms with Gasteiger partial charge in [0.1, 0.15) is 0 Å². The van der Waals surface area contributed by atoms with E-state index in [9.17, 15) is 28.8 Å². The lowest BCUT2D eigenvalue weighted by molar-refractivity contribution is -0.141. The quantitative estimate of drug-likeness (QED) is 0.0221. The number of terminal acetylenes is 2. The first-order chi connectivity index (χ1) is 37.3. The molecule has 1 N–H and O–H groups in total. The molecule has 0 bridgehead atoms. The Morgan fingerprint density at radius 1 is 0.475 bits per heavy atom. The Balaban J connectivity index is -0.000000206. The van der Waals surface area contributed by atoms with Gasteiger partial charge in [0, 0.05) is 40.3 Å². The van der Waals surface area contributed by atoms with Crippen LogP contribution >= 0.6 is 0 Å². The molecule has 0 aliphatic rings. The maximum atomic E-state index is 11.7. The van der Waals surface area contributed by atoms with Gasteiger partial charge in [0.05, 0.1) is 66.3 Å². The summed E-state index contributed by atoms with van der Waals surface area (Å²) in [7, 11) is 5.08. The van der Waals surface area contributed by atoms with Crippen molar-refractivity contribution < 1.29 is 47.7 Å². The molecule has 0 heterocycles. The fraction of sp³-hybridized carbons (Fsp3) is 0.582. The average Bonchev–Trinajstić information content (AvgIpc) is 3.37. The van der Waals surface area contributed by atoms with Crippen molar-refractivity contribution in [3.8, 4) is 24.7 Å². The van der Waals surface area contributed by atoms with E-state index in [1.165, 1.54) is 17.7 Å². The largest absolute Gasteiger partial charge is 0.462 e.